The van der Waals surface area contributed by atoms with Crippen LogP contribution in [0.5, 0.6) is 0 Å². The molecule has 0 aromatic heterocycles. The fourth-order valence-corrected chi connectivity index (χ4v) is 0.632. The molecule has 4 nitrogen and oxygen atoms in total. The van der Waals surface area contributed by atoms with Crippen LogP contribution in [0.25, 0.3) is 0 Å². The minimum atomic E-state index is 0.585. The second-order valence-electron chi connectivity index (χ2n) is 1.88. The Morgan fingerprint density at radius 1 is 1.22 bits per heavy atom. The minimum Gasteiger partial charge on any atom is -0.318 e. The van der Waals surface area contributed by atoms with Crippen LogP contribution < -0.4 is 16.4 Å². The molecule has 0 heterocycles. The Morgan fingerprint density at radius 2 is 1.67 bits per heavy atom. The van der Waals surface area contributed by atoms with Crippen molar-refractivity contribution in [2.75, 3.05) is 34.1 Å². The average molecular weight is 132 g/mol. The first kappa shape index (κ1) is 8.84. The summed E-state index contributed by atoms with van der Waals surface area (Å²) in [6.45, 7) is 2.25. The normalized spacial score (nSPS) is 10.7. The van der Waals surface area contributed by atoms with Crippen molar-refractivity contribution in [3.8, 4) is 0 Å². The molecule has 0 aromatic carbocycles. The van der Waals surface area contributed by atoms with Crippen molar-refractivity contribution in [1.82, 2.24) is 15.5 Å². The van der Waals surface area contributed by atoms with E-state index in [1.807, 2.05) is 19.0 Å². The van der Waals surface area contributed by atoms with Gasteiger partial charge in [-0.25, -0.2) is 0 Å². The first-order valence-corrected chi connectivity index (χ1v) is 3.06. The van der Waals surface area contributed by atoms with E-state index in [-0.39, 0.29) is 0 Å². The fourth-order valence-electron chi connectivity index (χ4n) is 0.632. The van der Waals surface area contributed by atoms with Gasteiger partial charge in [-0.3, -0.25) is 4.90 Å². The molecule has 0 aliphatic carbocycles. The monoisotopic (exact) mass is 132 g/mol. The van der Waals surface area contributed by atoms with Crippen LogP contribution in [-0.4, -0.2) is 39.0 Å². The molecule has 0 bridgehead atoms. The van der Waals surface area contributed by atoms with Gasteiger partial charge in [0.15, 0.2) is 0 Å². The van der Waals surface area contributed by atoms with Crippen molar-refractivity contribution in [1.29, 1.82) is 0 Å². The van der Waals surface area contributed by atoms with Gasteiger partial charge in [-0.05, 0) is 14.1 Å². The molecule has 0 fully saturated rings. The van der Waals surface area contributed by atoms with E-state index in [0.29, 0.717) is 6.67 Å². The fraction of sp³-hybridized carbons (Fsp3) is 1.00. The SMILES string of the molecule is CNCN(CN)CNC. The van der Waals surface area contributed by atoms with E-state index < -0.39 is 0 Å². The van der Waals surface area contributed by atoms with Crippen LogP contribution in [0.1, 0.15) is 0 Å². The molecule has 0 aliphatic heterocycles. The Balaban J connectivity index is 3.18. The number of nitrogens with two attached hydrogens (primary N) is 1. The smallest absolute Gasteiger partial charge is 0.0502 e. The third-order valence-corrected chi connectivity index (χ3v) is 1.02. The van der Waals surface area contributed by atoms with E-state index in [1.54, 1.807) is 0 Å². The summed E-state index contributed by atoms with van der Waals surface area (Å²) < 4.78 is 0. The Bertz CT molecular complexity index is 50.9. The molecule has 0 amide bonds. The van der Waals surface area contributed by atoms with Gasteiger partial charge in [0.05, 0.1) is 13.3 Å². The molecule has 4 heteroatoms. The third-order valence-electron chi connectivity index (χ3n) is 1.02. The number of rotatable bonds is 5. The number of hydrogen-bond acceptors (Lipinski definition) is 4. The topological polar surface area (TPSA) is 53.3 Å². The van der Waals surface area contributed by atoms with Gasteiger partial charge >= 0.3 is 0 Å². The Morgan fingerprint density at radius 3 is 1.89 bits per heavy atom. The van der Waals surface area contributed by atoms with E-state index >= 15 is 0 Å². The van der Waals surface area contributed by atoms with Crippen molar-refractivity contribution < 1.29 is 0 Å². The van der Waals surface area contributed by atoms with Gasteiger partial charge in [-0.1, -0.05) is 0 Å². The zero-order chi connectivity index (χ0) is 7.11. The number of nitrogens with zero attached hydrogens (tertiary/aromatic N) is 1. The quantitative estimate of drug-likeness (QED) is 0.401. The summed E-state index contributed by atoms with van der Waals surface area (Å²) in [5.41, 5.74) is 5.39. The molecule has 4 N–H and O–H groups in total. The zero-order valence-corrected chi connectivity index (χ0v) is 6.15. The Labute approximate surface area is 56.4 Å². The van der Waals surface area contributed by atoms with Gasteiger partial charge in [0, 0.05) is 6.67 Å². The summed E-state index contributed by atoms with van der Waals surface area (Å²) in [5, 5.41) is 6.02. The van der Waals surface area contributed by atoms with Gasteiger partial charge < -0.3 is 16.4 Å². The standard InChI is InChI=1S/C5H16N4/c1-7-4-9(3-6)5-8-2/h7-8H,3-6H2,1-2H3. The number of nitrogens with one attached hydrogen (secondary N) is 2. The van der Waals surface area contributed by atoms with Crippen LogP contribution >= 0.6 is 0 Å². The van der Waals surface area contributed by atoms with Crippen molar-refractivity contribution in [2.24, 2.45) is 5.73 Å². The molecule has 0 unspecified atom stereocenters. The molecule has 0 saturated carbocycles. The van der Waals surface area contributed by atoms with E-state index in [0.717, 1.165) is 13.3 Å². The van der Waals surface area contributed by atoms with Crippen molar-refractivity contribution >= 4 is 0 Å². The zero-order valence-electron chi connectivity index (χ0n) is 6.15. The molecule has 0 rings (SSSR count). The maximum absolute atomic E-state index is 5.39. The summed E-state index contributed by atoms with van der Waals surface area (Å²) in [5.74, 6) is 0. The molecule has 0 atom stereocenters. The maximum Gasteiger partial charge on any atom is 0.0502 e. The van der Waals surface area contributed by atoms with Gasteiger partial charge in [0.1, 0.15) is 0 Å². The summed E-state index contributed by atoms with van der Waals surface area (Å²) >= 11 is 0. The van der Waals surface area contributed by atoms with Crippen LogP contribution in [0.4, 0.5) is 0 Å². The predicted molar refractivity (Wildman–Crippen MR) is 38.7 cm³/mol. The molecule has 0 aliphatic rings. The first-order valence-electron chi connectivity index (χ1n) is 3.06. The highest BCUT2D eigenvalue weighted by atomic mass is 15.3. The van der Waals surface area contributed by atoms with Crippen LogP contribution in [0, 0.1) is 0 Å². The van der Waals surface area contributed by atoms with Crippen LogP contribution in [0.15, 0.2) is 0 Å². The van der Waals surface area contributed by atoms with E-state index in [9.17, 15) is 0 Å². The summed E-state index contributed by atoms with van der Waals surface area (Å²) in [6.07, 6.45) is 0. The lowest BCUT2D eigenvalue weighted by molar-refractivity contribution is 0.254. The predicted octanol–water partition coefficient (Wildman–Crippen LogP) is -1.44. The summed E-state index contributed by atoms with van der Waals surface area (Å²) in [6, 6.07) is 0. The summed E-state index contributed by atoms with van der Waals surface area (Å²) in [7, 11) is 3.80. The van der Waals surface area contributed by atoms with Crippen LogP contribution in [-0.2, 0) is 0 Å². The highest BCUT2D eigenvalue weighted by Gasteiger charge is 1.95. The molecule has 0 radical (unpaired) electrons. The molecular formula is C5H16N4. The molecular weight excluding hydrogens is 116 g/mol. The van der Waals surface area contributed by atoms with Crippen molar-refractivity contribution in [2.45, 2.75) is 0 Å². The number of hydrogen-bond donors (Lipinski definition) is 3. The molecule has 0 saturated heterocycles. The largest absolute Gasteiger partial charge is 0.318 e. The van der Waals surface area contributed by atoms with E-state index in [2.05, 4.69) is 10.6 Å². The Hall–Kier alpha value is -0.160. The van der Waals surface area contributed by atoms with E-state index in [4.69, 9.17) is 5.73 Å². The highest BCUT2D eigenvalue weighted by molar-refractivity contribution is 4.46. The maximum atomic E-state index is 5.39. The summed E-state index contributed by atoms with van der Waals surface area (Å²) in [4.78, 5) is 2.04. The lowest BCUT2D eigenvalue weighted by atomic mass is 10.7. The second kappa shape index (κ2) is 5.97. The van der Waals surface area contributed by atoms with Crippen molar-refractivity contribution in [3.05, 3.63) is 0 Å². The molecule has 0 spiro atoms. The van der Waals surface area contributed by atoms with Gasteiger partial charge in [-0.2, -0.15) is 0 Å². The minimum absolute atomic E-state index is 0.585. The van der Waals surface area contributed by atoms with Crippen LogP contribution in [0.3, 0.4) is 0 Å². The van der Waals surface area contributed by atoms with Gasteiger partial charge in [0.2, 0.25) is 0 Å². The van der Waals surface area contributed by atoms with Gasteiger partial charge in [-0.15, -0.1) is 0 Å². The lowest BCUT2D eigenvalue weighted by Gasteiger charge is -2.18. The van der Waals surface area contributed by atoms with Crippen LogP contribution in [0.2, 0.25) is 0 Å². The molecule has 56 valence electrons. The Kier molecular flexibility index (Phi) is 5.86. The first-order chi connectivity index (χ1) is 4.35. The molecule has 0 aromatic rings. The van der Waals surface area contributed by atoms with Gasteiger partial charge in [0.25, 0.3) is 0 Å². The highest BCUT2D eigenvalue weighted by Crippen LogP contribution is 1.74. The third kappa shape index (κ3) is 4.35. The lowest BCUT2D eigenvalue weighted by Crippen LogP contribution is -2.41. The molecule has 9 heavy (non-hydrogen) atoms. The van der Waals surface area contributed by atoms with Crippen molar-refractivity contribution in [3.63, 3.8) is 0 Å². The van der Waals surface area contributed by atoms with E-state index in [1.165, 1.54) is 0 Å². The average Bonchev–Trinajstić information content (AvgIpc) is 1.88. The second-order valence-corrected chi connectivity index (χ2v) is 1.88.